The Morgan fingerprint density at radius 3 is 2.66 bits per heavy atom. The molecule has 32 heavy (non-hydrogen) atoms. The minimum absolute atomic E-state index is 0.0255. The van der Waals surface area contributed by atoms with Crippen molar-refractivity contribution in [3.05, 3.63) is 29.3 Å². The first kappa shape index (κ1) is 23.8. The van der Waals surface area contributed by atoms with Gasteiger partial charge < -0.3 is 21.3 Å². The maximum absolute atomic E-state index is 13.0. The van der Waals surface area contributed by atoms with Crippen LogP contribution >= 0.6 is 0 Å². The lowest BCUT2D eigenvalue weighted by Crippen LogP contribution is -2.51. The smallest absolute Gasteiger partial charge is 0.267 e. The second kappa shape index (κ2) is 9.71. The number of nitrogens with two attached hydrogens (primary N) is 1. The van der Waals surface area contributed by atoms with E-state index in [9.17, 15) is 14.4 Å². The van der Waals surface area contributed by atoms with E-state index in [4.69, 9.17) is 11.1 Å². The molecule has 1 aliphatic carbocycles. The van der Waals surface area contributed by atoms with E-state index in [-0.39, 0.29) is 35.5 Å². The predicted molar refractivity (Wildman–Crippen MR) is 125 cm³/mol. The summed E-state index contributed by atoms with van der Waals surface area (Å²) in [7, 11) is 0. The fourth-order valence-corrected chi connectivity index (χ4v) is 4.88. The van der Waals surface area contributed by atoms with Crippen LogP contribution in [0.2, 0.25) is 0 Å². The fraction of sp³-hybridized carbons (Fsp3) is 0.583. The van der Waals surface area contributed by atoms with Crippen molar-refractivity contribution in [3.8, 4) is 0 Å². The van der Waals surface area contributed by atoms with Crippen molar-refractivity contribution in [2.45, 2.75) is 71.4 Å². The van der Waals surface area contributed by atoms with Gasteiger partial charge in [0.1, 0.15) is 11.8 Å². The molecule has 8 heteroatoms. The number of hydrogen-bond donors (Lipinski definition) is 4. The molecule has 1 aromatic carbocycles. The van der Waals surface area contributed by atoms with E-state index in [0.717, 1.165) is 31.2 Å². The average molecular weight is 442 g/mol. The minimum Gasteiger partial charge on any atom is -0.376 e. The van der Waals surface area contributed by atoms with Gasteiger partial charge in [-0.15, -0.1) is 0 Å². The Kier molecular flexibility index (Phi) is 7.21. The summed E-state index contributed by atoms with van der Waals surface area (Å²) in [5.74, 6) is -1.07. The molecule has 0 spiro atoms. The van der Waals surface area contributed by atoms with Crippen molar-refractivity contribution < 1.29 is 14.4 Å². The molecule has 2 fully saturated rings. The quantitative estimate of drug-likeness (QED) is 0.484. The molecule has 1 heterocycles. The van der Waals surface area contributed by atoms with Crippen LogP contribution in [0.25, 0.3) is 0 Å². The Morgan fingerprint density at radius 2 is 1.97 bits per heavy atom. The highest BCUT2D eigenvalue weighted by molar-refractivity contribution is 6.44. The van der Waals surface area contributed by atoms with Crippen molar-refractivity contribution in [2.75, 3.05) is 18.4 Å². The van der Waals surface area contributed by atoms with Gasteiger partial charge in [0, 0.05) is 23.8 Å². The molecule has 8 nitrogen and oxygen atoms in total. The third-order valence-electron chi connectivity index (χ3n) is 6.55. The number of carbonyl (C=O) groups is 3. The maximum Gasteiger partial charge on any atom is 0.267 e. The van der Waals surface area contributed by atoms with Gasteiger partial charge in [-0.3, -0.25) is 19.8 Å². The molecule has 2 aliphatic rings. The number of carbonyl (C=O) groups excluding carboxylic acids is 3. The molecule has 1 aliphatic heterocycles. The number of primary amides is 1. The highest BCUT2D eigenvalue weighted by atomic mass is 16.2. The molecule has 1 saturated heterocycles. The maximum atomic E-state index is 13.0. The van der Waals surface area contributed by atoms with Gasteiger partial charge in [0.2, 0.25) is 11.8 Å². The molecule has 0 aromatic heterocycles. The zero-order valence-electron chi connectivity index (χ0n) is 19.3. The molecule has 174 valence electrons. The third kappa shape index (κ3) is 5.66. The molecule has 0 radical (unpaired) electrons. The number of nitrogens with zero attached hydrogens (tertiary/aromatic N) is 1. The number of anilines is 1. The summed E-state index contributed by atoms with van der Waals surface area (Å²) in [4.78, 5) is 39.0. The summed E-state index contributed by atoms with van der Waals surface area (Å²) in [5, 5.41) is 14.2. The number of hydrogen-bond acceptors (Lipinski definition) is 5. The van der Waals surface area contributed by atoms with Crippen molar-refractivity contribution in [2.24, 2.45) is 11.1 Å². The molecular formula is C24H35N5O3. The summed E-state index contributed by atoms with van der Waals surface area (Å²) < 4.78 is 0. The Bertz CT molecular complexity index is 911. The third-order valence-corrected chi connectivity index (χ3v) is 6.55. The molecule has 3 rings (SSSR count). The average Bonchev–Trinajstić information content (AvgIpc) is 3.21. The lowest BCUT2D eigenvalue weighted by Gasteiger charge is -2.36. The van der Waals surface area contributed by atoms with Crippen LogP contribution in [0.1, 0.15) is 63.5 Å². The van der Waals surface area contributed by atoms with E-state index in [0.29, 0.717) is 24.2 Å². The van der Waals surface area contributed by atoms with Crippen LogP contribution in [0.5, 0.6) is 0 Å². The van der Waals surface area contributed by atoms with Gasteiger partial charge in [0.25, 0.3) is 5.91 Å². The summed E-state index contributed by atoms with van der Waals surface area (Å²) >= 11 is 0. The van der Waals surface area contributed by atoms with Gasteiger partial charge in [-0.25, -0.2) is 0 Å². The number of rotatable bonds is 7. The zero-order valence-corrected chi connectivity index (χ0v) is 19.3. The van der Waals surface area contributed by atoms with Gasteiger partial charge in [-0.05, 0) is 56.6 Å². The minimum atomic E-state index is -0.827. The van der Waals surface area contributed by atoms with Crippen LogP contribution < -0.4 is 16.4 Å². The van der Waals surface area contributed by atoms with Crippen LogP contribution in [0.15, 0.2) is 18.2 Å². The zero-order chi connectivity index (χ0) is 23.5. The molecule has 2 unspecified atom stereocenters. The summed E-state index contributed by atoms with van der Waals surface area (Å²) in [5.41, 5.74) is 6.94. The van der Waals surface area contributed by atoms with Crippen molar-refractivity contribution in [3.63, 3.8) is 0 Å². The van der Waals surface area contributed by atoms with Gasteiger partial charge >= 0.3 is 0 Å². The molecule has 5 N–H and O–H groups in total. The van der Waals surface area contributed by atoms with Crippen molar-refractivity contribution >= 4 is 29.1 Å². The number of aryl methyl sites for hydroxylation is 1. The second-order valence-corrected chi connectivity index (χ2v) is 9.85. The monoisotopic (exact) mass is 441 g/mol. The second-order valence-electron chi connectivity index (χ2n) is 9.85. The first-order chi connectivity index (χ1) is 15.1. The Morgan fingerprint density at radius 1 is 1.22 bits per heavy atom. The number of likely N-dealkylation sites (tertiary alicyclic amines) is 1. The van der Waals surface area contributed by atoms with Crippen molar-refractivity contribution in [1.29, 1.82) is 5.41 Å². The van der Waals surface area contributed by atoms with E-state index in [2.05, 4.69) is 24.5 Å². The Balaban J connectivity index is 1.62. The summed E-state index contributed by atoms with van der Waals surface area (Å²) in [6.07, 6.45) is 5.68. The number of nitrogens with one attached hydrogen (secondary N) is 3. The topological polar surface area (TPSA) is 128 Å². The Hall–Kier alpha value is -2.90. The van der Waals surface area contributed by atoms with E-state index in [1.54, 1.807) is 17.0 Å². The molecule has 3 amide bonds. The lowest BCUT2D eigenvalue weighted by atomic mass is 9.75. The lowest BCUT2D eigenvalue weighted by molar-refractivity contribution is -0.137. The van der Waals surface area contributed by atoms with Crippen LogP contribution in [0.3, 0.4) is 0 Å². The van der Waals surface area contributed by atoms with E-state index >= 15 is 0 Å². The van der Waals surface area contributed by atoms with Gasteiger partial charge in [-0.1, -0.05) is 31.9 Å². The predicted octanol–water partition coefficient (Wildman–Crippen LogP) is 2.34. The largest absolute Gasteiger partial charge is 0.376 e. The molecule has 1 saturated carbocycles. The van der Waals surface area contributed by atoms with Gasteiger partial charge in [-0.2, -0.15) is 0 Å². The van der Waals surface area contributed by atoms with E-state index in [1.807, 2.05) is 13.0 Å². The van der Waals surface area contributed by atoms with Gasteiger partial charge in [0.05, 0.1) is 6.54 Å². The molecule has 2 atom stereocenters. The normalized spacial score (nSPS) is 22.3. The van der Waals surface area contributed by atoms with Crippen molar-refractivity contribution in [1.82, 2.24) is 10.2 Å². The highest BCUT2D eigenvalue weighted by Crippen LogP contribution is 2.35. The van der Waals surface area contributed by atoms with Crippen LogP contribution in [-0.2, 0) is 14.4 Å². The van der Waals surface area contributed by atoms with Crippen LogP contribution in [0, 0.1) is 17.7 Å². The standard InChI is InChI=1S/C24H35N5O3/c1-15-8-9-18(17(12-15)21(25)22(26)31)27-14-20(30)29-11-5-7-19(29)23(32)28-16-6-4-10-24(2,3)13-16/h8-9,12,16,19,25,27H,4-7,10-11,13-14H2,1-3H3,(H2,26,31)(H,28,32). The SMILES string of the molecule is Cc1ccc(NCC(=O)N2CCCC2C(=O)NC2CCCC(C)(C)C2)c(C(=N)C(N)=O)c1. The fourth-order valence-electron chi connectivity index (χ4n) is 4.88. The van der Waals surface area contributed by atoms with E-state index in [1.165, 1.54) is 6.42 Å². The number of benzene rings is 1. The van der Waals surface area contributed by atoms with Crippen LogP contribution in [-0.4, -0.2) is 53.5 Å². The van der Waals surface area contributed by atoms with E-state index < -0.39 is 11.9 Å². The molecule has 0 bridgehead atoms. The summed E-state index contributed by atoms with van der Waals surface area (Å²) in [6.45, 7) is 6.85. The first-order valence-electron chi connectivity index (χ1n) is 11.4. The molecular weight excluding hydrogens is 406 g/mol. The number of amides is 3. The van der Waals surface area contributed by atoms with Crippen LogP contribution in [0.4, 0.5) is 5.69 Å². The Labute approximate surface area is 189 Å². The highest BCUT2D eigenvalue weighted by Gasteiger charge is 2.36. The van der Waals surface area contributed by atoms with Gasteiger partial charge in [0.15, 0.2) is 0 Å². The molecule has 1 aromatic rings. The summed E-state index contributed by atoms with van der Waals surface area (Å²) in [6, 6.07) is 4.97. The first-order valence-corrected chi connectivity index (χ1v) is 11.4.